The van der Waals surface area contributed by atoms with Crippen molar-refractivity contribution in [2.45, 2.75) is 50.9 Å². The van der Waals surface area contributed by atoms with Crippen molar-refractivity contribution in [2.75, 3.05) is 53.0 Å². The lowest BCUT2D eigenvalue weighted by Gasteiger charge is -2.39. The Bertz CT molecular complexity index is 669. The monoisotopic (exact) mass is 414 g/mol. The number of rotatable bonds is 5. The Kier molecular flexibility index (Phi) is 7.63. The van der Waals surface area contributed by atoms with E-state index in [1.165, 1.54) is 31.5 Å². The highest BCUT2D eigenvalue weighted by Crippen LogP contribution is 2.26. The van der Waals surface area contributed by atoms with Crippen molar-refractivity contribution < 1.29 is 9.47 Å². The van der Waals surface area contributed by atoms with Crippen LogP contribution in [0, 0.1) is 5.92 Å². The third kappa shape index (κ3) is 5.34. The van der Waals surface area contributed by atoms with Crippen molar-refractivity contribution in [2.24, 2.45) is 10.9 Å². The maximum Gasteiger partial charge on any atom is 0.193 e. The number of aliphatic imine (C=N–C) groups is 1. The summed E-state index contributed by atoms with van der Waals surface area (Å²) in [5.41, 5.74) is 1.38. The second-order valence-corrected chi connectivity index (χ2v) is 8.98. The largest absolute Gasteiger partial charge is 0.375 e. The molecule has 0 saturated carbocycles. The number of nitrogens with one attached hydrogen (secondary N) is 1. The number of piperidine rings is 1. The molecule has 3 atom stereocenters. The average Bonchev–Trinajstić information content (AvgIpc) is 3.34. The van der Waals surface area contributed by atoms with Gasteiger partial charge in [-0.3, -0.25) is 9.89 Å². The van der Waals surface area contributed by atoms with Gasteiger partial charge in [-0.05, 0) is 50.3 Å². The average molecular weight is 415 g/mol. The Balaban J connectivity index is 1.40. The predicted octanol–water partition coefficient (Wildman–Crippen LogP) is 2.91. The highest BCUT2D eigenvalue weighted by molar-refractivity contribution is 5.80. The van der Waals surface area contributed by atoms with Crippen molar-refractivity contribution in [3.05, 3.63) is 35.9 Å². The van der Waals surface area contributed by atoms with Crippen molar-refractivity contribution in [3.63, 3.8) is 0 Å². The molecule has 166 valence electrons. The first-order chi connectivity index (χ1) is 14.7. The van der Waals surface area contributed by atoms with Gasteiger partial charge in [-0.2, -0.15) is 0 Å². The molecular formula is C24H38N4O2. The zero-order chi connectivity index (χ0) is 20.8. The van der Waals surface area contributed by atoms with E-state index in [9.17, 15) is 0 Å². The van der Waals surface area contributed by atoms with E-state index in [0.29, 0.717) is 6.04 Å². The van der Waals surface area contributed by atoms with Crippen molar-refractivity contribution in [1.82, 2.24) is 15.1 Å². The molecule has 1 aromatic rings. The highest BCUT2D eigenvalue weighted by atomic mass is 16.5. The summed E-state index contributed by atoms with van der Waals surface area (Å²) in [6.45, 7) is 8.90. The number of hydrogen-bond donors (Lipinski definition) is 1. The van der Waals surface area contributed by atoms with Crippen LogP contribution in [0.1, 0.15) is 44.2 Å². The second kappa shape index (κ2) is 10.6. The molecule has 3 fully saturated rings. The lowest BCUT2D eigenvalue weighted by molar-refractivity contribution is -0.0817. The lowest BCUT2D eigenvalue weighted by Crippen LogP contribution is -2.54. The van der Waals surface area contributed by atoms with Crippen LogP contribution in [0.5, 0.6) is 0 Å². The zero-order valence-electron chi connectivity index (χ0n) is 18.6. The molecule has 0 bridgehead atoms. The first kappa shape index (κ1) is 21.6. The number of morpholine rings is 1. The molecule has 3 unspecified atom stereocenters. The minimum atomic E-state index is 0.147. The fourth-order valence-corrected chi connectivity index (χ4v) is 4.98. The fourth-order valence-electron chi connectivity index (χ4n) is 4.98. The fraction of sp³-hybridized carbons (Fsp3) is 0.708. The smallest absolute Gasteiger partial charge is 0.193 e. The van der Waals surface area contributed by atoms with Crippen LogP contribution in [-0.2, 0) is 9.47 Å². The van der Waals surface area contributed by atoms with E-state index in [1.54, 1.807) is 0 Å². The standard InChI is InChI=1S/C24H38N4O2/c1-19-10-12-27(13-11-19)21(20-7-4-3-5-8-20)17-26-24(25-2)28-14-16-30-23(18-28)22-9-6-15-29-22/h3-5,7-8,19,21-23H,6,9-18H2,1-2H3,(H,25,26). The van der Waals surface area contributed by atoms with Crippen LogP contribution in [0.2, 0.25) is 0 Å². The third-order valence-corrected chi connectivity index (χ3v) is 6.88. The van der Waals surface area contributed by atoms with Gasteiger partial charge in [-0.15, -0.1) is 0 Å². The van der Waals surface area contributed by atoms with Crippen molar-refractivity contribution in [1.29, 1.82) is 0 Å². The summed E-state index contributed by atoms with van der Waals surface area (Å²) in [6.07, 6.45) is 5.19. The first-order valence-corrected chi connectivity index (χ1v) is 11.7. The van der Waals surface area contributed by atoms with E-state index in [-0.39, 0.29) is 12.2 Å². The molecule has 1 aromatic carbocycles. The van der Waals surface area contributed by atoms with E-state index in [4.69, 9.17) is 9.47 Å². The normalized spacial score (nSPS) is 27.9. The van der Waals surface area contributed by atoms with Gasteiger partial charge in [0.25, 0.3) is 0 Å². The molecule has 6 nitrogen and oxygen atoms in total. The topological polar surface area (TPSA) is 49.3 Å². The number of guanidine groups is 1. The third-order valence-electron chi connectivity index (χ3n) is 6.88. The molecule has 4 rings (SSSR count). The zero-order valence-corrected chi connectivity index (χ0v) is 18.6. The quantitative estimate of drug-likeness (QED) is 0.593. The Morgan fingerprint density at radius 2 is 1.83 bits per heavy atom. The molecule has 0 spiro atoms. The van der Waals surface area contributed by atoms with E-state index >= 15 is 0 Å². The van der Waals surface area contributed by atoms with Crippen LogP contribution in [-0.4, -0.2) is 81.0 Å². The molecule has 1 N–H and O–H groups in total. The number of hydrogen-bond acceptors (Lipinski definition) is 4. The van der Waals surface area contributed by atoms with E-state index in [1.807, 2.05) is 7.05 Å². The molecule has 0 radical (unpaired) electrons. The summed E-state index contributed by atoms with van der Waals surface area (Å²) in [7, 11) is 1.89. The summed E-state index contributed by atoms with van der Waals surface area (Å²) >= 11 is 0. The molecule has 0 amide bonds. The number of ether oxygens (including phenoxy) is 2. The number of nitrogens with zero attached hydrogens (tertiary/aromatic N) is 3. The molecule has 3 aliphatic heterocycles. The Hall–Kier alpha value is -1.63. The number of likely N-dealkylation sites (tertiary alicyclic amines) is 1. The van der Waals surface area contributed by atoms with Crippen LogP contribution in [0.3, 0.4) is 0 Å². The molecule has 0 aromatic heterocycles. The van der Waals surface area contributed by atoms with Crippen LogP contribution in [0.25, 0.3) is 0 Å². The van der Waals surface area contributed by atoms with Crippen LogP contribution < -0.4 is 5.32 Å². The minimum absolute atomic E-state index is 0.147. The van der Waals surface area contributed by atoms with Gasteiger partial charge >= 0.3 is 0 Å². The maximum atomic E-state index is 6.03. The summed E-state index contributed by atoms with van der Waals surface area (Å²) in [5.74, 6) is 1.81. The predicted molar refractivity (Wildman–Crippen MR) is 121 cm³/mol. The first-order valence-electron chi connectivity index (χ1n) is 11.7. The Morgan fingerprint density at radius 3 is 2.53 bits per heavy atom. The van der Waals surface area contributed by atoms with Gasteiger partial charge in [0.1, 0.15) is 6.10 Å². The van der Waals surface area contributed by atoms with Crippen LogP contribution in [0.4, 0.5) is 0 Å². The van der Waals surface area contributed by atoms with Gasteiger partial charge in [-0.1, -0.05) is 37.3 Å². The van der Waals surface area contributed by atoms with E-state index in [0.717, 1.165) is 57.6 Å². The maximum absolute atomic E-state index is 6.03. The van der Waals surface area contributed by atoms with Crippen molar-refractivity contribution >= 4 is 5.96 Å². The molecule has 0 aliphatic carbocycles. The second-order valence-electron chi connectivity index (χ2n) is 8.98. The minimum Gasteiger partial charge on any atom is -0.375 e. The van der Waals surface area contributed by atoms with Gasteiger partial charge in [0.05, 0.1) is 18.8 Å². The molecule has 3 heterocycles. The Labute approximate surface area is 181 Å². The van der Waals surface area contributed by atoms with Crippen molar-refractivity contribution in [3.8, 4) is 0 Å². The summed E-state index contributed by atoms with van der Waals surface area (Å²) in [6, 6.07) is 11.3. The van der Waals surface area contributed by atoms with Gasteiger partial charge in [0, 0.05) is 33.3 Å². The summed E-state index contributed by atoms with van der Waals surface area (Å²) < 4.78 is 11.9. The van der Waals surface area contributed by atoms with Crippen LogP contribution >= 0.6 is 0 Å². The van der Waals surface area contributed by atoms with Gasteiger partial charge in [0.15, 0.2) is 5.96 Å². The summed E-state index contributed by atoms with van der Waals surface area (Å²) in [4.78, 5) is 9.60. The molecule has 30 heavy (non-hydrogen) atoms. The molecule has 3 saturated heterocycles. The number of benzene rings is 1. The van der Waals surface area contributed by atoms with E-state index < -0.39 is 0 Å². The van der Waals surface area contributed by atoms with E-state index in [2.05, 4.69) is 57.4 Å². The van der Waals surface area contributed by atoms with Gasteiger partial charge in [0.2, 0.25) is 0 Å². The highest BCUT2D eigenvalue weighted by Gasteiger charge is 2.32. The van der Waals surface area contributed by atoms with Gasteiger partial charge < -0.3 is 19.7 Å². The molecule has 3 aliphatic rings. The summed E-state index contributed by atoms with van der Waals surface area (Å²) in [5, 5.41) is 3.70. The molecular weight excluding hydrogens is 376 g/mol. The SMILES string of the molecule is CN=C(NCC(c1ccccc1)N1CCC(C)CC1)N1CCOC(C2CCCO2)C1. The molecule has 6 heteroatoms. The van der Waals surface area contributed by atoms with Crippen LogP contribution in [0.15, 0.2) is 35.3 Å². The Morgan fingerprint density at radius 1 is 1.07 bits per heavy atom. The lowest BCUT2D eigenvalue weighted by atomic mass is 9.95. The van der Waals surface area contributed by atoms with Gasteiger partial charge in [-0.25, -0.2) is 0 Å².